The maximum Gasteiger partial charge on any atom is 0.132 e. The molecule has 0 heterocycles. The molecule has 112 valence electrons. The Hall–Kier alpha value is -1.94. The zero-order valence-corrected chi connectivity index (χ0v) is 11.9. The summed E-state index contributed by atoms with van der Waals surface area (Å²) in [5.74, 6) is -0.582. The smallest absolute Gasteiger partial charge is 0.132 e. The molecule has 0 aliphatic heterocycles. The fourth-order valence-corrected chi connectivity index (χ4v) is 1.93. The van der Waals surface area contributed by atoms with E-state index in [-0.39, 0.29) is 12.7 Å². The quantitative estimate of drug-likeness (QED) is 0.876. The third-order valence-electron chi connectivity index (χ3n) is 3.18. The zero-order chi connectivity index (χ0) is 15.2. The number of halogens is 2. The molecule has 0 aromatic heterocycles. The lowest BCUT2D eigenvalue weighted by molar-refractivity contribution is 0.185. The van der Waals surface area contributed by atoms with Gasteiger partial charge in [-0.1, -0.05) is 12.1 Å². The highest BCUT2D eigenvalue weighted by atomic mass is 19.1. The molecule has 0 bridgehead atoms. The van der Waals surface area contributed by atoms with Crippen LogP contribution >= 0.6 is 0 Å². The molecule has 2 aromatic rings. The van der Waals surface area contributed by atoms with Gasteiger partial charge in [-0.3, -0.25) is 0 Å². The standard InChI is InChI=1S/C17H18F2O2/c1-12(20)2-3-13-4-8-16(9-5-13)21-11-14-6-7-15(18)10-17(14)19/h4-10,12,20H,2-3,11H2,1H3. The Balaban J connectivity index is 1.91. The summed E-state index contributed by atoms with van der Waals surface area (Å²) in [6.45, 7) is 1.81. The summed E-state index contributed by atoms with van der Waals surface area (Å²) >= 11 is 0. The van der Waals surface area contributed by atoms with Crippen LogP contribution in [0.15, 0.2) is 42.5 Å². The van der Waals surface area contributed by atoms with E-state index in [1.165, 1.54) is 12.1 Å². The predicted molar refractivity (Wildman–Crippen MR) is 77.1 cm³/mol. The normalized spacial score (nSPS) is 12.2. The molecule has 0 fully saturated rings. The van der Waals surface area contributed by atoms with E-state index in [0.717, 1.165) is 18.1 Å². The summed E-state index contributed by atoms with van der Waals surface area (Å²) in [4.78, 5) is 0. The second kappa shape index (κ2) is 7.18. The number of hydrogen-bond acceptors (Lipinski definition) is 2. The van der Waals surface area contributed by atoms with E-state index in [4.69, 9.17) is 4.74 Å². The highest BCUT2D eigenvalue weighted by Crippen LogP contribution is 2.17. The molecule has 2 aromatic carbocycles. The SMILES string of the molecule is CC(O)CCc1ccc(OCc2ccc(F)cc2F)cc1. The van der Waals surface area contributed by atoms with E-state index in [0.29, 0.717) is 17.7 Å². The molecule has 0 amide bonds. The van der Waals surface area contributed by atoms with Gasteiger partial charge < -0.3 is 9.84 Å². The maximum absolute atomic E-state index is 13.4. The van der Waals surface area contributed by atoms with Gasteiger partial charge in [-0.25, -0.2) is 8.78 Å². The molecule has 1 unspecified atom stereocenters. The first-order valence-electron chi connectivity index (χ1n) is 6.88. The van der Waals surface area contributed by atoms with Crippen LogP contribution in [-0.4, -0.2) is 11.2 Å². The van der Waals surface area contributed by atoms with Crippen LogP contribution in [0.1, 0.15) is 24.5 Å². The third-order valence-corrected chi connectivity index (χ3v) is 3.18. The summed E-state index contributed by atoms with van der Waals surface area (Å²) in [7, 11) is 0. The maximum atomic E-state index is 13.4. The minimum absolute atomic E-state index is 0.0547. The Labute approximate surface area is 123 Å². The molecule has 0 saturated carbocycles. The summed E-state index contributed by atoms with van der Waals surface area (Å²) in [5, 5.41) is 9.24. The van der Waals surface area contributed by atoms with E-state index < -0.39 is 11.6 Å². The summed E-state index contributed by atoms with van der Waals surface area (Å²) < 4.78 is 31.7. The van der Waals surface area contributed by atoms with Crippen molar-refractivity contribution in [3.8, 4) is 5.75 Å². The molecule has 0 spiro atoms. The zero-order valence-electron chi connectivity index (χ0n) is 11.9. The number of rotatable bonds is 6. The Morgan fingerprint density at radius 2 is 1.81 bits per heavy atom. The molecular formula is C17H18F2O2. The van der Waals surface area contributed by atoms with Gasteiger partial charge in [-0.15, -0.1) is 0 Å². The summed E-state index contributed by atoms with van der Waals surface area (Å²) in [6.07, 6.45) is 1.19. The number of ether oxygens (including phenoxy) is 1. The lowest BCUT2D eigenvalue weighted by atomic mass is 10.1. The number of aliphatic hydroxyl groups excluding tert-OH is 1. The average molecular weight is 292 g/mol. The van der Waals surface area contributed by atoms with E-state index in [2.05, 4.69) is 0 Å². The number of aryl methyl sites for hydroxylation is 1. The van der Waals surface area contributed by atoms with Crippen molar-refractivity contribution in [3.63, 3.8) is 0 Å². The molecule has 2 rings (SSSR count). The third kappa shape index (κ3) is 4.83. The molecule has 4 heteroatoms. The fraction of sp³-hybridized carbons (Fsp3) is 0.294. The van der Waals surface area contributed by atoms with Gasteiger partial charge in [0, 0.05) is 11.6 Å². The van der Waals surface area contributed by atoms with E-state index >= 15 is 0 Å². The van der Waals surface area contributed by atoms with Crippen LogP contribution in [0, 0.1) is 11.6 Å². The first kappa shape index (κ1) is 15.4. The van der Waals surface area contributed by atoms with Crippen molar-refractivity contribution >= 4 is 0 Å². The molecule has 1 N–H and O–H groups in total. The molecule has 0 aliphatic carbocycles. The fourth-order valence-electron chi connectivity index (χ4n) is 1.93. The molecule has 1 atom stereocenters. The minimum atomic E-state index is -0.608. The van der Waals surface area contributed by atoms with E-state index in [1.807, 2.05) is 12.1 Å². The van der Waals surface area contributed by atoms with Crippen LogP contribution in [0.2, 0.25) is 0 Å². The van der Waals surface area contributed by atoms with Gasteiger partial charge in [0.15, 0.2) is 0 Å². The Bertz CT molecular complexity index is 580. The van der Waals surface area contributed by atoms with Crippen molar-refractivity contribution in [1.29, 1.82) is 0 Å². The van der Waals surface area contributed by atoms with Gasteiger partial charge in [0.1, 0.15) is 24.0 Å². The highest BCUT2D eigenvalue weighted by Gasteiger charge is 2.05. The largest absolute Gasteiger partial charge is 0.489 e. The lowest BCUT2D eigenvalue weighted by Gasteiger charge is -2.09. The van der Waals surface area contributed by atoms with Crippen molar-refractivity contribution < 1.29 is 18.6 Å². The van der Waals surface area contributed by atoms with Crippen LogP contribution < -0.4 is 4.74 Å². The van der Waals surface area contributed by atoms with Gasteiger partial charge in [-0.05, 0) is 49.6 Å². The summed E-state index contributed by atoms with van der Waals surface area (Å²) in [5.41, 5.74) is 1.42. The van der Waals surface area contributed by atoms with Crippen molar-refractivity contribution in [1.82, 2.24) is 0 Å². The van der Waals surface area contributed by atoms with Crippen LogP contribution in [0.25, 0.3) is 0 Å². The Morgan fingerprint density at radius 1 is 1.10 bits per heavy atom. The first-order valence-corrected chi connectivity index (χ1v) is 6.88. The van der Waals surface area contributed by atoms with Gasteiger partial charge >= 0.3 is 0 Å². The van der Waals surface area contributed by atoms with Crippen molar-refractivity contribution in [3.05, 3.63) is 65.2 Å². The van der Waals surface area contributed by atoms with Gasteiger partial charge in [0.2, 0.25) is 0 Å². The molecule has 21 heavy (non-hydrogen) atoms. The number of benzene rings is 2. The van der Waals surface area contributed by atoms with Crippen molar-refractivity contribution in [2.75, 3.05) is 0 Å². The van der Waals surface area contributed by atoms with Crippen LogP contribution in [-0.2, 0) is 13.0 Å². The van der Waals surface area contributed by atoms with E-state index in [1.54, 1.807) is 19.1 Å². The molecule has 2 nitrogen and oxygen atoms in total. The van der Waals surface area contributed by atoms with Crippen molar-refractivity contribution in [2.45, 2.75) is 32.5 Å². The van der Waals surface area contributed by atoms with Crippen LogP contribution in [0.3, 0.4) is 0 Å². The Kier molecular flexibility index (Phi) is 5.28. The number of aliphatic hydroxyl groups is 1. The Morgan fingerprint density at radius 3 is 2.43 bits per heavy atom. The van der Waals surface area contributed by atoms with E-state index in [9.17, 15) is 13.9 Å². The number of hydrogen-bond donors (Lipinski definition) is 1. The van der Waals surface area contributed by atoms with Gasteiger partial charge in [0.05, 0.1) is 6.10 Å². The van der Waals surface area contributed by atoms with Crippen LogP contribution in [0.4, 0.5) is 8.78 Å². The molecule has 0 aliphatic rings. The first-order chi connectivity index (χ1) is 10.0. The highest BCUT2D eigenvalue weighted by molar-refractivity contribution is 5.28. The summed E-state index contributed by atoms with van der Waals surface area (Å²) in [6, 6.07) is 10.9. The monoisotopic (exact) mass is 292 g/mol. The van der Waals surface area contributed by atoms with Crippen molar-refractivity contribution in [2.24, 2.45) is 0 Å². The average Bonchev–Trinajstić information content (AvgIpc) is 2.45. The van der Waals surface area contributed by atoms with Gasteiger partial charge in [0.25, 0.3) is 0 Å². The van der Waals surface area contributed by atoms with Crippen LogP contribution in [0.5, 0.6) is 5.75 Å². The minimum Gasteiger partial charge on any atom is -0.489 e. The predicted octanol–water partition coefficient (Wildman–Crippen LogP) is 3.86. The second-order valence-electron chi connectivity index (χ2n) is 5.06. The second-order valence-corrected chi connectivity index (χ2v) is 5.06. The van der Waals surface area contributed by atoms with Gasteiger partial charge in [-0.2, -0.15) is 0 Å². The molecule has 0 radical (unpaired) electrons. The molecule has 0 saturated heterocycles. The topological polar surface area (TPSA) is 29.5 Å². The molecular weight excluding hydrogens is 274 g/mol. The lowest BCUT2D eigenvalue weighted by Crippen LogP contribution is -2.01.